The Kier molecular flexibility index (Phi) is 5.05. The molecule has 1 heterocycles. The third kappa shape index (κ3) is 4.07. The van der Waals surface area contributed by atoms with Crippen molar-refractivity contribution in [3.63, 3.8) is 0 Å². The first kappa shape index (κ1) is 18.5. The summed E-state index contributed by atoms with van der Waals surface area (Å²) in [6.45, 7) is 5.32. The lowest BCUT2D eigenvalue weighted by Crippen LogP contribution is -2.27. The monoisotopic (exact) mass is 373 g/mol. The van der Waals surface area contributed by atoms with Crippen molar-refractivity contribution in [2.75, 3.05) is 5.32 Å². The minimum Gasteiger partial charge on any atom is -0.478 e. The summed E-state index contributed by atoms with van der Waals surface area (Å²) in [5.41, 5.74) is 1.69. The number of aromatic carboxylic acids is 1. The van der Waals surface area contributed by atoms with Gasteiger partial charge in [0.2, 0.25) is 0 Å². The van der Waals surface area contributed by atoms with Crippen LogP contribution in [0.15, 0.2) is 30.3 Å². The minimum atomic E-state index is -1.01. The topological polar surface area (TPSA) is 75.6 Å². The number of hydrogen-bond donors (Lipinski definition) is 2. The summed E-state index contributed by atoms with van der Waals surface area (Å²) in [6, 6.07) is 10.3. The highest BCUT2D eigenvalue weighted by molar-refractivity contribution is 7.17. The van der Waals surface area contributed by atoms with Crippen LogP contribution in [0.25, 0.3) is 0 Å². The van der Waals surface area contributed by atoms with Crippen LogP contribution >= 0.6 is 11.3 Å². The number of carbonyl (C=O) groups excluding carboxylic acids is 1. The van der Waals surface area contributed by atoms with Gasteiger partial charge in [-0.05, 0) is 57.1 Å². The Labute approximate surface area is 157 Å². The zero-order chi connectivity index (χ0) is 18.9. The van der Waals surface area contributed by atoms with Crippen LogP contribution in [-0.2, 0) is 17.6 Å². The fraction of sp³-hybridized carbons (Fsp3) is 0.400. The van der Waals surface area contributed by atoms with Crippen LogP contribution in [0.3, 0.4) is 0 Å². The summed E-state index contributed by atoms with van der Waals surface area (Å²) in [5.74, 6) is -0.634. The highest BCUT2D eigenvalue weighted by Crippen LogP contribution is 2.42. The smallest absolute Gasteiger partial charge is 0.412 e. The van der Waals surface area contributed by atoms with Gasteiger partial charge in [0.15, 0.2) is 0 Å². The second kappa shape index (κ2) is 7.11. The molecule has 2 aromatic rings. The van der Waals surface area contributed by atoms with Gasteiger partial charge in [0, 0.05) is 4.88 Å². The number of rotatable bonds is 3. The Hall–Kier alpha value is -2.34. The number of carboxylic acid groups (broad SMARTS) is 1. The molecule has 0 aliphatic heterocycles. The predicted octanol–water partition coefficient (Wildman–Crippen LogP) is 5.07. The number of hydrogen-bond acceptors (Lipinski definition) is 4. The van der Waals surface area contributed by atoms with Crippen molar-refractivity contribution in [2.24, 2.45) is 0 Å². The summed E-state index contributed by atoms with van der Waals surface area (Å²) in [7, 11) is 0. The third-order valence-electron chi connectivity index (χ3n) is 4.36. The van der Waals surface area contributed by atoms with Crippen LogP contribution in [0.2, 0.25) is 0 Å². The summed E-state index contributed by atoms with van der Waals surface area (Å²) >= 11 is 1.35. The molecule has 1 aliphatic rings. The molecule has 1 atom stereocenters. The van der Waals surface area contributed by atoms with E-state index in [0.29, 0.717) is 17.3 Å². The molecule has 2 N–H and O–H groups in total. The average Bonchev–Trinajstić information content (AvgIpc) is 2.90. The van der Waals surface area contributed by atoms with E-state index in [1.54, 1.807) is 20.8 Å². The Balaban J connectivity index is 1.86. The zero-order valence-corrected chi connectivity index (χ0v) is 16.0. The second-order valence-electron chi connectivity index (χ2n) is 7.49. The minimum absolute atomic E-state index is 0.211. The second-order valence-corrected chi connectivity index (χ2v) is 8.60. The molecule has 1 amide bonds. The summed E-state index contributed by atoms with van der Waals surface area (Å²) in [6.07, 6.45) is 1.77. The number of fused-ring (bicyclic) bond motifs is 1. The molecule has 1 aromatic heterocycles. The molecule has 0 fully saturated rings. The van der Waals surface area contributed by atoms with E-state index in [-0.39, 0.29) is 5.56 Å². The van der Waals surface area contributed by atoms with E-state index in [4.69, 9.17) is 4.74 Å². The van der Waals surface area contributed by atoms with Crippen molar-refractivity contribution in [3.05, 3.63) is 51.9 Å². The number of nitrogens with one attached hydrogen (secondary N) is 1. The molecular formula is C20H23NO4S. The van der Waals surface area contributed by atoms with Crippen LogP contribution in [0.5, 0.6) is 0 Å². The molecule has 0 saturated carbocycles. The molecule has 26 heavy (non-hydrogen) atoms. The fourth-order valence-electron chi connectivity index (χ4n) is 3.31. The Morgan fingerprint density at radius 2 is 1.92 bits per heavy atom. The summed E-state index contributed by atoms with van der Waals surface area (Å²) in [5, 5.41) is 12.7. The summed E-state index contributed by atoms with van der Waals surface area (Å²) < 4.78 is 5.26. The predicted molar refractivity (Wildman–Crippen MR) is 102 cm³/mol. The molecule has 1 aromatic carbocycles. The number of amides is 1. The van der Waals surface area contributed by atoms with E-state index in [0.717, 1.165) is 23.3 Å². The van der Waals surface area contributed by atoms with Crippen molar-refractivity contribution in [1.29, 1.82) is 0 Å². The molecule has 5 nitrogen and oxygen atoms in total. The maximum absolute atomic E-state index is 12.1. The van der Waals surface area contributed by atoms with E-state index in [9.17, 15) is 14.7 Å². The molecule has 0 radical (unpaired) electrons. The molecule has 1 unspecified atom stereocenters. The third-order valence-corrected chi connectivity index (χ3v) is 5.53. The quantitative estimate of drug-likeness (QED) is 0.788. The van der Waals surface area contributed by atoms with E-state index in [2.05, 4.69) is 17.4 Å². The van der Waals surface area contributed by atoms with Gasteiger partial charge in [-0.3, -0.25) is 5.32 Å². The van der Waals surface area contributed by atoms with E-state index >= 15 is 0 Å². The van der Waals surface area contributed by atoms with E-state index in [1.807, 2.05) is 18.2 Å². The lowest BCUT2D eigenvalue weighted by atomic mass is 9.83. The Morgan fingerprint density at radius 3 is 2.54 bits per heavy atom. The molecule has 0 saturated heterocycles. The lowest BCUT2D eigenvalue weighted by Gasteiger charge is -2.22. The SMILES string of the molecule is CC(C)(C)OC(=O)Nc1sc2c(c1C(=O)O)CCC(c1ccccc1)C2. The van der Waals surface area contributed by atoms with Gasteiger partial charge >= 0.3 is 12.1 Å². The molecular weight excluding hydrogens is 350 g/mol. The lowest BCUT2D eigenvalue weighted by molar-refractivity contribution is 0.0636. The molecule has 0 spiro atoms. The molecule has 138 valence electrons. The zero-order valence-electron chi connectivity index (χ0n) is 15.2. The number of carboxylic acids is 1. The van der Waals surface area contributed by atoms with Crippen molar-refractivity contribution >= 4 is 28.4 Å². The van der Waals surface area contributed by atoms with Crippen molar-refractivity contribution in [2.45, 2.75) is 51.6 Å². The number of ether oxygens (including phenoxy) is 1. The van der Waals surface area contributed by atoms with Crippen LogP contribution in [-0.4, -0.2) is 22.8 Å². The van der Waals surface area contributed by atoms with Gasteiger partial charge in [0.05, 0.1) is 5.56 Å². The fourth-order valence-corrected chi connectivity index (χ4v) is 4.61. The average molecular weight is 373 g/mol. The number of anilines is 1. The van der Waals surface area contributed by atoms with Crippen LogP contribution in [0.4, 0.5) is 9.80 Å². The van der Waals surface area contributed by atoms with E-state index < -0.39 is 17.7 Å². The van der Waals surface area contributed by atoms with Gasteiger partial charge in [0.25, 0.3) is 0 Å². The molecule has 3 rings (SSSR count). The van der Waals surface area contributed by atoms with Gasteiger partial charge in [-0.1, -0.05) is 30.3 Å². The Bertz CT molecular complexity index is 820. The molecule has 6 heteroatoms. The van der Waals surface area contributed by atoms with Gasteiger partial charge in [-0.2, -0.15) is 0 Å². The first-order chi connectivity index (χ1) is 12.2. The molecule has 1 aliphatic carbocycles. The van der Waals surface area contributed by atoms with Crippen LogP contribution in [0, 0.1) is 0 Å². The van der Waals surface area contributed by atoms with Crippen molar-refractivity contribution < 1.29 is 19.4 Å². The van der Waals surface area contributed by atoms with Crippen LogP contribution in [0.1, 0.15) is 59.5 Å². The standard InChI is InChI=1S/C20H23NO4S/c1-20(2,3)25-19(24)21-17-16(18(22)23)14-10-9-13(11-15(14)26-17)12-7-5-4-6-8-12/h4-8,13H,9-11H2,1-3H3,(H,21,24)(H,22,23). The Morgan fingerprint density at radius 1 is 1.23 bits per heavy atom. The largest absolute Gasteiger partial charge is 0.478 e. The highest BCUT2D eigenvalue weighted by Gasteiger charge is 2.30. The van der Waals surface area contributed by atoms with E-state index in [1.165, 1.54) is 16.9 Å². The van der Waals surface area contributed by atoms with Gasteiger partial charge < -0.3 is 9.84 Å². The van der Waals surface area contributed by atoms with Gasteiger partial charge in [-0.15, -0.1) is 11.3 Å². The maximum atomic E-state index is 12.1. The first-order valence-corrected chi connectivity index (χ1v) is 9.49. The maximum Gasteiger partial charge on any atom is 0.412 e. The van der Waals surface area contributed by atoms with Crippen molar-refractivity contribution in [3.8, 4) is 0 Å². The normalized spacial score (nSPS) is 16.7. The number of thiophene rings is 1. The van der Waals surface area contributed by atoms with Crippen molar-refractivity contribution in [1.82, 2.24) is 0 Å². The van der Waals surface area contributed by atoms with Gasteiger partial charge in [0.1, 0.15) is 10.6 Å². The first-order valence-electron chi connectivity index (χ1n) is 8.67. The van der Waals surface area contributed by atoms with Gasteiger partial charge in [-0.25, -0.2) is 9.59 Å². The number of benzene rings is 1. The highest BCUT2D eigenvalue weighted by atomic mass is 32.1. The number of carbonyl (C=O) groups is 2. The summed E-state index contributed by atoms with van der Waals surface area (Å²) in [4.78, 5) is 24.9. The molecule has 0 bridgehead atoms. The van der Waals surface area contributed by atoms with Crippen LogP contribution < -0.4 is 5.32 Å².